The highest BCUT2D eigenvalue weighted by atomic mass is 28.3. The van der Waals surface area contributed by atoms with Crippen LogP contribution in [-0.2, 0) is 13.6 Å². The molecule has 2 aliphatic rings. The second-order valence-corrected chi connectivity index (χ2v) is 6.92. The molecule has 94 valence electrons. The van der Waals surface area contributed by atoms with Crippen LogP contribution in [0.1, 0.15) is 39.5 Å². The molecule has 0 amide bonds. The van der Waals surface area contributed by atoms with Gasteiger partial charge in [0.15, 0.2) is 0 Å². The summed E-state index contributed by atoms with van der Waals surface area (Å²) in [5, 5.41) is 0. The summed E-state index contributed by atoms with van der Waals surface area (Å²) in [5.41, 5.74) is 0. The van der Waals surface area contributed by atoms with Gasteiger partial charge in [-0.2, -0.15) is 0 Å². The van der Waals surface area contributed by atoms with E-state index in [1.165, 1.54) is 31.7 Å². The Balaban J connectivity index is 1.54. The maximum atomic E-state index is 5.67. The van der Waals surface area contributed by atoms with Gasteiger partial charge in [0, 0.05) is 13.2 Å². The lowest BCUT2D eigenvalue weighted by Crippen LogP contribution is -2.22. The Morgan fingerprint density at radius 2 is 1.75 bits per heavy atom. The first-order valence-corrected chi connectivity index (χ1v) is 8.48. The largest absolute Gasteiger partial charge is 0.397 e. The Hall–Kier alpha value is 0.0969. The summed E-state index contributed by atoms with van der Waals surface area (Å²) in [6.07, 6.45) is 6.51. The highest BCUT2D eigenvalue weighted by Gasteiger charge is 2.47. The van der Waals surface area contributed by atoms with Gasteiger partial charge in [-0.15, -0.1) is 0 Å². The Labute approximate surface area is 100 Å². The summed E-state index contributed by atoms with van der Waals surface area (Å²) in [4.78, 5) is 0. The van der Waals surface area contributed by atoms with Crippen molar-refractivity contribution in [3.8, 4) is 0 Å². The van der Waals surface area contributed by atoms with Gasteiger partial charge in [-0.25, -0.2) is 0 Å². The summed E-state index contributed by atoms with van der Waals surface area (Å²) < 4.78 is 16.8. The smallest absolute Gasteiger partial charge is 0.321 e. The fourth-order valence-electron chi connectivity index (χ4n) is 2.74. The number of fused-ring (bicyclic) bond motifs is 1. The van der Waals surface area contributed by atoms with Crippen molar-refractivity contribution < 1.29 is 13.6 Å². The molecule has 3 nitrogen and oxygen atoms in total. The molecule has 0 radical (unpaired) electrons. The predicted molar refractivity (Wildman–Crippen MR) is 65.8 cm³/mol. The van der Waals surface area contributed by atoms with E-state index in [0.717, 1.165) is 19.1 Å². The summed E-state index contributed by atoms with van der Waals surface area (Å²) in [5.74, 6) is 0.918. The van der Waals surface area contributed by atoms with Crippen molar-refractivity contribution in [3.05, 3.63) is 0 Å². The fraction of sp³-hybridized carbons (Fsp3) is 1.00. The van der Waals surface area contributed by atoms with Crippen LogP contribution >= 0.6 is 0 Å². The van der Waals surface area contributed by atoms with Crippen LogP contribution in [0.2, 0.25) is 6.04 Å². The molecule has 16 heavy (non-hydrogen) atoms. The van der Waals surface area contributed by atoms with E-state index in [0.29, 0.717) is 12.2 Å². The van der Waals surface area contributed by atoms with Gasteiger partial charge in [-0.05, 0) is 38.7 Å². The molecule has 1 heterocycles. The van der Waals surface area contributed by atoms with Crippen molar-refractivity contribution >= 4 is 9.28 Å². The maximum Gasteiger partial charge on any atom is 0.321 e. The van der Waals surface area contributed by atoms with Crippen LogP contribution in [0.15, 0.2) is 0 Å². The van der Waals surface area contributed by atoms with Crippen molar-refractivity contribution in [2.75, 3.05) is 13.2 Å². The average Bonchev–Trinajstić information content (AvgIpc) is 2.87. The van der Waals surface area contributed by atoms with Crippen LogP contribution in [-0.4, -0.2) is 34.7 Å². The SMILES string of the molecule is CCO[SiH](CCCC1CC2OC2C1)OCC. The van der Waals surface area contributed by atoms with Crippen LogP contribution in [0.3, 0.4) is 0 Å². The summed E-state index contributed by atoms with van der Waals surface area (Å²) >= 11 is 0. The molecule has 1 aliphatic heterocycles. The number of rotatable bonds is 8. The highest BCUT2D eigenvalue weighted by molar-refractivity contribution is 6.44. The number of hydrogen-bond acceptors (Lipinski definition) is 3. The molecular weight excluding hydrogens is 220 g/mol. The van der Waals surface area contributed by atoms with E-state index in [9.17, 15) is 0 Å². The molecule has 4 heteroatoms. The molecule has 0 bridgehead atoms. The lowest BCUT2D eigenvalue weighted by atomic mass is 10.0. The Morgan fingerprint density at radius 3 is 2.31 bits per heavy atom. The molecule has 0 aromatic carbocycles. The molecule has 0 spiro atoms. The first kappa shape index (κ1) is 12.6. The standard InChI is InChI=1S/C12H24O3Si/c1-3-13-16(14-4-2)7-5-6-10-8-11-12(9-10)15-11/h10-12,16H,3-9H2,1-2H3. The molecule has 2 rings (SSSR count). The Kier molecular flexibility index (Phi) is 4.82. The van der Waals surface area contributed by atoms with E-state index in [1.807, 2.05) is 0 Å². The van der Waals surface area contributed by atoms with Crippen molar-refractivity contribution in [2.45, 2.75) is 57.8 Å². The van der Waals surface area contributed by atoms with E-state index in [4.69, 9.17) is 13.6 Å². The van der Waals surface area contributed by atoms with Crippen LogP contribution < -0.4 is 0 Å². The molecule has 1 saturated heterocycles. The molecule has 0 N–H and O–H groups in total. The third kappa shape index (κ3) is 3.55. The van der Waals surface area contributed by atoms with Gasteiger partial charge in [-0.1, -0.05) is 12.8 Å². The number of epoxide rings is 1. The third-order valence-corrected chi connectivity index (χ3v) is 5.87. The van der Waals surface area contributed by atoms with Crippen LogP contribution in [0.4, 0.5) is 0 Å². The van der Waals surface area contributed by atoms with Gasteiger partial charge < -0.3 is 13.6 Å². The molecule has 0 aromatic rings. The Bertz CT molecular complexity index is 196. The molecule has 2 unspecified atom stereocenters. The molecule has 1 aliphatic carbocycles. The van der Waals surface area contributed by atoms with Gasteiger partial charge in [0.1, 0.15) is 0 Å². The van der Waals surface area contributed by atoms with Gasteiger partial charge in [-0.3, -0.25) is 0 Å². The van der Waals surface area contributed by atoms with Crippen molar-refractivity contribution in [1.29, 1.82) is 0 Å². The van der Waals surface area contributed by atoms with E-state index in [-0.39, 0.29) is 0 Å². The van der Waals surface area contributed by atoms with Gasteiger partial charge in [0.05, 0.1) is 12.2 Å². The topological polar surface area (TPSA) is 31.0 Å². The highest BCUT2D eigenvalue weighted by Crippen LogP contribution is 2.44. The zero-order chi connectivity index (χ0) is 11.4. The molecule has 1 saturated carbocycles. The van der Waals surface area contributed by atoms with Gasteiger partial charge in [0.2, 0.25) is 0 Å². The zero-order valence-corrected chi connectivity index (χ0v) is 11.6. The summed E-state index contributed by atoms with van der Waals surface area (Å²) in [6, 6.07) is 1.17. The normalized spacial score (nSPS) is 32.1. The lowest BCUT2D eigenvalue weighted by molar-refractivity contribution is 0.210. The first-order valence-electron chi connectivity index (χ1n) is 6.72. The quantitative estimate of drug-likeness (QED) is 0.485. The first-order chi connectivity index (χ1) is 7.83. The minimum absolute atomic E-state index is 0.636. The minimum Gasteiger partial charge on any atom is -0.397 e. The average molecular weight is 244 g/mol. The zero-order valence-electron chi connectivity index (χ0n) is 10.5. The van der Waals surface area contributed by atoms with E-state index in [1.54, 1.807) is 0 Å². The number of hydrogen-bond donors (Lipinski definition) is 0. The van der Waals surface area contributed by atoms with Crippen LogP contribution in [0, 0.1) is 5.92 Å². The van der Waals surface area contributed by atoms with E-state index < -0.39 is 9.28 Å². The van der Waals surface area contributed by atoms with Gasteiger partial charge in [0.25, 0.3) is 0 Å². The van der Waals surface area contributed by atoms with Crippen LogP contribution in [0.5, 0.6) is 0 Å². The van der Waals surface area contributed by atoms with Crippen molar-refractivity contribution in [1.82, 2.24) is 0 Å². The molecule has 2 fully saturated rings. The minimum atomic E-state index is -1.33. The third-order valence-electron chi connectivity index (χ3n) is 3.58. The molecule has 0 aromatic heterocycles. The molecule has 2 atom stereocenters. The fourth-order valence-corrected chi connectivity index (χ4v) is 4.48. The van der Waals surface area contributed by atoms with Crippen molar-refractivity contribution in [3.63, 3.8) is 0 Å². The van der Waals surface area contributed by atoms with Gasteiger partial charge >= 0.3 is 9.28 Å². The van der Waals surface area contributed by atoms with Crippen LogP contribution in [0.25, 0.3) is 0 Å². The predicted octanol–water partition coefficient (Wildman–Crippen LogP) is 2.24. The summed E-state index contributed by atoms with van der Waals surface area (Å²) in [7, 11) is -1.33. The Morgan fingerprint density at radius 1 is 1.12 bits per heavy atom. The van der Waals surface area contributed by atoms with E-state index in [2.05, 4.69) is 13.8 Å². The maximum absolute atomic E-state index is 5.67. The second-order valence-electron chi connectivity index (χ2n) is 4.82. The lowest BCUT2D eigenvalue weighted by Gasteiger charge is -2.16. The number of ether oxygens (including phenoxy) is 1. The summed E-state index contributed by atoms with van der Waals surface area (Å²) in [6.45, 7) is 5.72. The van der Waals surface area contributed by atoms with E-state index >= 15 is 0 Å². The van der Waals surface area contributed by atoms with Crippen molar-refractivity contribution in [2.24, 2.45) is 5.92 Å². The molecular formula is C12H24O3Si. The second kappa shape index (κ2) is 6.14. The monoisotopic (exact) mass is 244 g/mol.